The van der Waals surface area contributed by atoms with Crippen LogP contribution in [-0.2, 0) is 6.42 Å². The highest BCUT2D eigenvalue weighted by atomic mass is 16.3. The normalized spacial score (nSPS) is 13.6. The molecule has 3 nitrogen and oxygen atoms in total. The summed E-state index contributed by atoms with van der Waals surface area (Å²) >= 11 is 0. The second-order valence-electron chi connectivity index (χ2n) is 4.61. The summed E-state index contributed by atoms with van der Waals surface area (Å²) in [6, 6.07) is 4.09. The summed E-state index contributed by atoms with van der Waals surface area (Å²) in [5.41, 5.74) is 9.98. The van der Waals surface area contributed by atoms with Gasteiger partial charge in [-0.1, -0.05) is 0 Å². The third kappa shape index (κ3) is 1.46. The van der Waals surface area contributed by atoms with Crippen LogP contribution in [0.25, 0.3) is 21.9 Å². The van der Waals surface area contributed by atoms with Gasteiger partial charge in [-0.15, -0.1) is 0 Å². The Morgan fingerprint density at radius 2 is 1.65 bits per heavy atom. The summed E-state index contributed by atoms with van der Waals surface area (Å²) in [6.07, 6.45) is 4.21. The fourth-order valence-electron chi connectivity index (χ4n) is 2.43. The van der Waals surface area contributed by atoms with Crippen molar-refractivity contribution in [2.75, 3.05) is 0 Å². The molecular weight excluding hydrogens is 214 g/mol. The van der Waals surface area contributed by atoms with Gasteiger partial charge in [0.05, 0.1) is 12.5 Å². The van der Waals surface area contributed by atoms with Gasteiger partial charge in [-0.25, -0.2) is 0 Å². The Balaban J connectivity index is 2.43. The molecular formula is C14H15NO2. The highest BCUT2D eigenvalue weighted by molar-refractivity contribution is 6.01. The molecule has 0 aliphatic carbocycles. The lowest BCUT2D eigenvalue weighted by Gasteiger charge is -2.08. The number of benzene rings is 1. The zero-order valence-electron chi connectivity index (χ0n) is 9.99. The molecule has 3 rings (SSSR count). The lowest BCUT2D eigenvalue weighted by atomic mass is 9.98. The Bertz CT molecular complexity index is 624. The summed E-state index contributed by atoms with van der Waals surface area (Å²) in [6.45, 7) is 4.08. The minimum atomic E-state index is 0.0827. The molecule has 1 aromatic carbocycles. The average Bonchev–Trinajstić information content (AvgIpc) is 2.92. The Hall–Kier alpha value is -1.74. The Morgan fingerprint density at radius 1 is 1.12 bits per heavy atom. The second-order valence-corrected chi connectivity index (χ2v) is 4.61. The summed E-state index contributed by atoms with van der Waals surface area (Å²) in [5.74, 6) is 0. The van der Waals surface area contributed by atoms with Crippen molar-refractivity contribution in [2.45, 2.75) is 26.3 Å². The molecule has 1 atom stereocenters. The number of fused-ring (bicyclic) bond motifs is 2. The number of hydrogen-bond donors (Lipinski definition) is 1. The number of aryl methyl sites for hydroxylation is 1. The van der Waals surface area contributed by atoms with E-state index in [0.717, 1.165) is 33.9 Å². The molecule has 1 unspecified atom stereocenters. The van der Waals surface area contributed by atoms with Gasteiger partial charge in [-0.05, 0) is 38.0 Å². The first-order chi connectivity index (χ1) is 8.18. The fourth-order valence-corrected chi connectivity index (χ4v) is 2.43. The molecule has 0 spiro atoms. The van der Waals surface area contributed by atoms with Crippen LogP contribution in [-0.4, -0.2) is 6.04 Å². The van der Waals surface area contributed by atoms with Gasteiger partial charge in [0.15, 0.2) is 0 Å². The van der Waals surface area contributed by atoms with Gasteiger partial charge in [0, 0.05) is 22.4 Å². The number of furan rings is 2. The van der Waals surface area contributed by atoms with E-state index in [2.05, 4.69) is 6.92 Å². The van der Waals surface area contributed by atoms with Crippen LogP contribution in [0, 0.1) is 6.92 Å². The smallest absolute Gasteiger partial charge is 0.141 e. The van der Waals surface area contributed by atoms with E-state index in [1.165, 1.54) is 5.56 Å². The average molecular weight is 229 g/mol. The molecule has 0 bridgehead atoms. The number of nitrogens with two attached hydrogens (primary N) is 1. The molecule has 2 N–H and O–H groups in total. The van der Waals surface area contributed by atoms with Crippen LogP contribution in [0.5, 0.6) is 0 Å². The molecule has 2 aromatic heterocycles. The molecule has 0 fully saturated rings. The maximum absolute atomic E-state index is 5.90. The first-order valence-electron chi connectivity index (χ1n) is 5.80. The highest BCUT2D eigenvalue weighted by Crippen LogP contribution is 2.34. The Labute approximate surface area is 99.2 Å². The minimum absolute atomic E-state index is 0.0827. The van der Waals surface area contributed by atoms with Crippen molar-refractivity contribution in [3.8, 4) is 0 Å². The standard InChI is InChI=1S/C14H15NO2/c1-8(15)7-12-13-10(3-5-16-13)9(2)11-4-6-17-14(11)12/h3-6,8H,7,15H2,1-2H3. The maximum atomic E-state index is 5.90. The molecule has 0 saturated carbocycles. The molecule has 3 aromatic rings. The summed E-state index contributed by atoms with van der Waals surface area (Å²) in [5, 5.41) is 2.30. The van der Waals surface area contributed by atoms with Crippen LogP contribution in [0.4, 0.5) is 0 Å². The van der Waals surface area contributed by atoms with Gasteiger partial charge >= 0.3 is 0 Å². The third-order valence-corrected chi connectivity index (χ3v) is 3.21. The van der Waals surface area contributed by atoms with E-state index in [9.17, 15) is 0 Å². The first kappa shape index (κ1) is 10.4. The summed E-state index contributed by atoms with van der Waals surface area (Å²) < 4.78 is 11.2. The van der Waals surface area contributed by atoms with Crippen molar-refractivity contribution >= 4 is 21.9 Å². The highest BCUT2D eigenvalue weighted by Gasteiger charge is 2.17. The predicted octanol–water partition coefficient (Wildman–Crippen LogP) is 3.38. The Morgan fingerprint density at radius 3 is 2.12 bits per heavy atom. The molecule has 0 saturated heterocycles. The third-order valence-electron chi connectivity index (χ3n) is 3.21. The molecule has 3 heteroatoms. The largest absolute Gasteiger partial charge is 0.464 e. The van der Waals surface area contributed by atoms with Crippen LogP contribution in [0.15, 0.2) is 33.5 Å². The summed E-state index contributed by atoms with van der Waals surface area (Å²) in [4.78, 5) is 0. The monoisotopic (exact) mass is 229 g/mol. The van der Waals surface area contributed by atoms with E-state index in [-0.39, 0.29) is 6.04 Å². The van der Waals surface area contributed by atoms with Crippen molar-refractivity contribution in [2.24, 2.45) is 5.73 Å². The topological polar surface area (TPSA) is 52.3 Å². The Kier molecular flexibility index (Phi) is 2.23. The fraction of sp³-hybridized carbons (Fsp3) is 0.286. The zero-order valence-corrected chi connectivity index (χ0v) is 9.99. The van der Waals surface area contributed by atoms with E-state index in [0.29, 0.717) is 0 Å². The van der Waals surface area contributed by atoms with Gasteiger partial charge in [-0.2, -0.15) is 0 Å². The van der Waals surface area contributed by atoms with E-state index < -0.39 is 0 Å². The molecule has 88 valence electrons. The van der Waals surface area contributed by atoms with Crippen molar-refractivity contribution in [3.63, 3.8) is 0 Å². The lowest BCUT2D eigenvalue weighted by Crippen LogP contribution is -2.18. The van der Waals surface area contributed by atoms with E-state index >= 15 is 0 Å². The maximum Gasteiger partial charge on any atom is 0.141 e. The first-order valence-corrected chi connectivity index (χ1v) is 5.80. The zero-order chi connectivity index (χ0) is 12.0. The van der Waals surface area contributed by atoms with Crippen LogP contribution >= 0.6 is 0 Å². The lowest BCUT2D eigenvalue weighted by molar-refractivity contribution is 0.589. The molecule has 17 heavy (non-hydrogen) atoms. The van der Waals surface area contributed by atoms with Gasteiger partial charge < -0.3 is 14.6 Å². The minimum Gasteiger partial charge on any atom is -0.464 e. The van der Waals surface area contributed by atoms with E-state index in [4.69, 9.17) is 14.6 Å². The molecule has 0 aliphatic heterocycles. The summed E-state index contributed by atoms with van der Waals surface area (Å²) in [7, 11) is 0. The van der Waals surface area contributed by atoms with Crippen molar-refractivity contribution in [1.29, 1.82) is 0 Å². The molecule has 0 aliphatic rings. The van der Waals surface area contributed by atoms with E-state index in [1.54, 1.807) is 12.5 Å². The number of rotatable bonds is 2. The molecule has 0 amide bonds. The van der Waals surface area contributed by atoms with Crippen LogP contribution < -0.4 is 5.73 Å². The molecule has 2 heterocycles. The van der Waals surface area contributed by atoms with Crippen molar-refractivity contribution < 1.29 is 8.83 Å². The van der Waals surface area contributed by atoms with Crippen molar-refractivity contribution in [1.82, 2.24) is 0 Å². The van der Waals surface area contributed by atoms with Crippen molar-refractivity contribution in [3.05, 3.63) is 35.8 Å². The van der Waals surface area contributed by atoms with Crippen LogP contribution in [0.1, 0.15) is 18.1 Å². The van der Waals surface area contributed by atoms with Gasteiger partial charge in [0.25, 0.3) is 0 Å². The van der Waals surface area contributed by atoms with Gasteiger partial charge in [0.1, 0.15) is 11.2 Å². The SMILES string of the molecule is Cc1c2ccoc2c(CC(C)N)c2occc12. The van der Waals surface area contributed by atoms with Gasteiger partial charge in [0.2, 0.25) is 0 Å². The predicted molar refractivity (Wildman–Crippen MR) is 68.1 cm³/mol. The quantitative estimate of drug-likeness (QED) is 0.732. The second kappa shape index (κ2) is 3.64. The van der Waals surface area contributed by atoms with E-state index in [1.807, 2.05) is 19.1 Å². The van der Waals surface area contributed by atoms with Crippen LogP contribution in [0.3, 0.4) is 0 Å². The molecule has 0 radical (unpaired) electrons. The van der Waals surface area contributed by atoms with Gasteiger partial charge in [-0.3, -0.25) is 0 Å². The number of hydrogen-bond acceptors (Lipinski definition) is 3. The van der Waals surface area contributed by atoms with Crippen LogP contribution in [0.2, 0.25) is 0 Å².